The lowest BCUT2D eigenvalue weighted by atomic mass is 10.2. The van der Waals surface area contributed by atoms with Gasteiger partial charge in [0.25, 0.3) is 0 Å². The number of alkyl halides is 3. The first-order valence-corrected chi connectivity index (χ1v) is 6.72. The van der Waals surface area contributed by atoms with Gasteiger partial charge in [-0.15, -0.1) is 0 Å². The van der Waals surface area contributed by atoms with Crippen LogP contribution in [0.25, 0.3) is 0 Å². The van der Waals surface area contributed by atoms with Crippen LogP contribution in [-0.2, 0) is 11.3 Å². The standard InChI is InChI=1S/C14H17F4NO2/c15-11-5-10(8-19-12-1-2-12)6-13(7-11)21-4-3-20-9-14(16,17)18/h5-7,12,19H,1-4,8-9H2. The molecule has 0 aliphatic heterocycles. The monoisotopic (exact) mass is 307 g/mol. The Labute approximate surface area is 120 Å². The van der Waals surface area contributed by atoms with Crippen LogP contribution in [0.3, 0.4) is 0 Å². The molecule has 0 unspecified atom stereocenters. The lowest BCUT2D eigenvalue weighted by Gasteiger charge is -2.10. The molecule has 3 nitrogen and oxygen atoms in total. The van der Waals surface area contributed by atoms with Crippen LogP contribution in [-0.4, -0.2) is 32.0 Å². The second-order valence-corrected chi connectivity index (χ2v) is 4.97. The third-order valence-corrected chi connectivity index (χ3v) is 2.87. The molecule has 0 atom stereocenters. The minimum absolute atomic E-state index is 0.0605. The molecule has 1 aromatic rings. The molecule has 21 heavy (non-hydrogen) atoms. The summed E-state index contributed by atoms with van der Waals surface area (Å²) >= 11 is 0. The molecule has 1 fully saturated rings. The van der Waals surface area contributed by atoms with E-state index in [1.165, 1.54) is 12.1 Å². The summed E-state index contributed by atoms with van der Waals surface area (Å²) in [6.45, 7) is -1.03. The number of halogens is 4. The summed E-state index contributed by atoms with van der Waals surface area (Å²) in [4.78, 5) is 0. The zero-order chi connectivity index (χ0) is 15.3. The molecule has 2 rings (SSSR count). The summed E-state index contributed by atoms with van der Waals surface area (Å²) in [5.74, 6) is -0.144. The Bertz CT molecular complexity index is 461. The van der Waals surface area contributed by atoms with Crippen molar-refractivity contribution < 1.29 is 27.0 Å². The van der Waals surface area contributed by atoms with Crippen molar-refractivity contribution in [1.29, 1.82) is 0 Å². The molecule has 0 amide bonds. The Morgan fingerprint density at radius 1 is 1.14 bits per heavy atom. The number of benzene rings is 1. The van der Waals surface area contributed by atoms with E-state index in [-0.39, 0.29) is 13.2 Å². The highest BCUT2D eigenvalue weighted by atomic mass is 19.4. The highest BCUT2D eigenvalue weighted by Crippen LogP contribution is 2.21. The number of nitrogens with one attached hydrogen (secondary N) is 1. The van der Waals surface area contributed by atoms with Crippen molar-refractivity contribution in [3.8, 4) is 5.75 Å². The van der Waals surface area contributed by atoms with Gasteiger partial charge in [-0.3, -0.25) is 0 Å². The maximum atomic E-state index is 13.4. The first kappa shape index (κ1) is 16.0. The second kappa shape index (κ2) is 7.09. The average molecular weight is 307 g/mol. The highest BCUT2D eigenvalue weighted by molar-refractivity contribution is 5.29. The fourth-order valence-electron chi connectivity index (χ4n) is 1.76. The molecule has 7 heteroatoms. The number of rotatable bonds is 8. The molecule has 1 N–H and O–H groups in total. The van der Waals surface area contributed by atoms with Gasteiger partial charge in [0, 0.05) is 18.7 Å². The molecule has 118 valence electrons. The van der Waals surface area contributed by atoms with E-state index in [1.807, 2.05) is 0 Å². The van der Waals surface area contributed by atoms with Gasteiger partial charge in [-0.2, -0.15) is 13.2 Å². The smallest absolute Gasteiger partial charge is 0.411 e. The van der Waals surface area contributed by atoms with Crippen LogP contribution in [0.15, 0.2) is 18.2 Å². The van der Waals surface area contributed by atoms with E-state index in [4.69, 9.17) is 4.74 Å². The van der Waals surface area contributed by atoms with Crippen LogP contribution in [0.2, 0.25) is 0 Å². The molecule has 1 saturated carbocycles. The van der Waals surface area contributed by atoms with Crippen LogP contribution in [0.4, 0.5) is 17.6 Å². The van der Waals surface area contributed by atoms with Crippen LogP contribution in [0, 0.1) is 5.82 Å². The van der Waals surface area contributed by atoms with Crippen molar-refractivity contribution in [2.75, 3.05) is 19.8 Å². The van der Waals surface area contributed by atoms with E-state index in [0.29, 0.717) is 18.3 Å². The molecule has 1 aliphatic rings. The van der Waals surface area contributed by atoms with E-state index < -0.39 is 18.6 Å². The number of ether oxygens (including phenoxy) is 2. The zero-order valence-electron chi connectivity index (χ0n) is 11.4. The summed E-state index contributed by atoms with van der Waals surface area (Å²) in [6.07, 6.45) is -2.08. The topological polar surface area (TPSA) is 30.5 Å². The van der Waals surface area contributed by atoms with Gasteiger partial charge in [0.15, 0.2) is 0 Å². The maximum Gasteiger partial charge on any atom is 0.411 e. The van der Waals surface area contributed by atoms with Crippen molar-refractivity contribution in [3.05, 3.63) is 29.6 Å². The summed E-state index contributed by atoms with van der Waals surface area (Å²) < 4.78 is 58.6. The minimum Gasteiger partial charge on any atom is -0.491 e. The van der Waals surface area contributed by atoms with Crippen molar-refractivity contribution in [2.45, 2.75) is 31.6 Å². The largest absolute Gasteiger partial charge is 0.491 e. The van der Waals surface area contributed by atoms with E-state index >= 15 is 0 Å². The van der Waals surface area contributed by atoms with Crippen LogP contribution >= 0.6 is 0 Å². The zero-order valence-corrected chi connectivity index (χ0v) is 11.4. The van der Waals surface area contributed by atoms with Gasteiger partial charge in [0.2, 0.25) is 0 Å². The van der Waals surface area contributed by atoms with E-state index in [1.54, 1.807) is 6.07 Å². The predicted octanol–water partition coefficient (Wildman–Crippen LogP) is 3.04. The molecular weight excluding hydrogens is 290 g/mol. The van der Waals surface area contributed by atoms with Gasteiger partial charge >= 0.3 is 6.18 Å². The van der Waals surface area contributed by atoms with E-state index in [9.17, 15) is 17.6 Å². The Morgan fingerprint density at radius 3 is 2.57 bits per heavy atom. The highest BCUT2D eigenvalue weighted by Gasteiger charge is 2.27. The third kappa shape index (κ3) is 6.77. The summed E-state index contributed by atoms with van der Waals surface area (Å²) in [5.41, 5.74) is 0.744. The van der Waals surface area contributed by atoms with Gasteiger partial charge in [-0.25, -0.2) is 4.39 Å². The molecule has 0 heterocycles. The Kier molecular flexibility index (Phi) is 5.41. The molecule has 0 bridgehead atoms. The normalized spacial score (nSPS) is 15.2. The summed E-state index contributed by atoms with van der Waals surface area (Å²) in [7, 11) is 0. The van der Waals surface area contributed by atoms with Crippen LogP contribution < -0.4 is 10.1 Å². The quantitative estimate of drug-likeness (QED) is 0.591. The van der Waals surface area contributed by atoms with E-state index in [0.717, 1.165) is 18.4 Å². The minimum atomic E-state index is -4.35. The van der Waals surface area contributed by atoms with Crippen LogP contribution in [0.1, 0.15) is 18.4 Å². The lowest BCUT2D eigenvalue weighted by molar-refractivity contribution is -0.175. The van der Waals surface area contributed by atoms with Gasteiger partial charge in [0.1, 0.15) is 24.8 Å². The number of hydrogen-bond donors (Lipinski definition) is 1. The molecule has 0 aromatic heterocycles. The molecule has 1 aliphatic carbocycles. The third-order valence-electron chi connectivity index (χ3n) is 2.87. The van der Waals surface area contributed by atoms with Gasteiger partial charge in [-0.1, -0.05) is 0 Å². The van der Waals surface area contributed by atoms with Crippen molar-refractivity contribution in [2.24, 2.45) is 0 Å². The Hall–Kier alpha value is -1.34. The van der Waals surface area contributed by atoms with Gasteiger partial charge in [0.05, 0.1) is 6.61 Å². The van der Waals surface area contributed by atoms with Crippen molar-refractivity contribution >= 4 is 0 Å². The molecule has 0 saturated heterocycles. The summed E-state index contributed by atoms with van der Waals surface area (Å²) in [6, 6.07) is 4.78. The fraction of sp³-hybridized carbons (Fsp3) is 0.571. The van der Waals surface area contributed by atoms with E-state index in [2.05, 4.69) is 10.1 Å². The van der Waals surface area contributed by atoms with Gasteiger partial charge < -0.3 is 14.8 Å². The second-order valence-electron chi connectivity index (χ2n) is 4.97. The molecule has 1 aromatic carbocycles. The Morgan fingerprint density at radius 2 is 1.90 bits per heavy atom. The fourth-order valence-corrected chi connectivity index (χ4v) is 1.76. The Balaban J connectivity index is 1.73. The first-order chi connectivity index (χ1) is 9.92. The maximum absolute atomic E-state index is 13.4. The molecule has 0 spiro atoms. The van der Waals surface area contributed by atoms with Crippen molar-refractivity contribution in [1.82, 2.24) is 5.32 Å². The summed E-state index contributed by atoms with van der Waals surface area (Å²) in [5, 5.41) is 3.25. The SMILES string of the molecule is Fc1cc(CNC2CC2)cc(OCCOCC(F)(F)F)c1. The predicted molar refractivity (Wildman–Crippen MR) is 68.6 cm³/mol. The van der Waals surface area contributed by atoms with Crippen LogP contribution in [0.5, 0.6) is 5.75 Å². The molecule has 0 radical (unpaired) electrons. The molecular formula is C14H17F4NO2. The average Bonchev–Trinajstić information content (AvgIpc) is 3.18. The first-order valence-electron chi connectivity index (χ1n) is 6.72. The lowest BCUT2D eigenvalue weighted by Crippen LogP contribution is -2.19. The van der Waals surface area contributed by atoms with Crippen molar-refractivity contribution in [3.63, 3.8) is 0 Å². The van der Waals surface area contributed by atoms with Gasteiger partial charge in [-0.05, 0) is 30.5 Å². The number of hydrogen-bond acceptors (Lipinski definition) is 3.